The third kappa shape index (κ3) is 1.41. The summed E-state index contributed by atoms with van der Waals surface area (Å²) in [6.07, 6.45) is 3.46. The van der Waals surface area contributed by atoms with Crippen molar-refractivity contribution in [2.45, 2.75) is 18.8 Å². The maximum atomic E-state index is 10.7. The van der Waals surface area contributed by atoms with E-state index in [0.29, 0.717) is 0 Å². The second kappa shape index (κ2) is 3.17. The Labute approximate surface area is 76.4 Å². The predicted octanol–water partition coefficient (Wildman–Crippen LogP) is 1.66. The molecule has 0 unspecified atom stereocenters. The van der Waals surface area contributed by atoms with Crippen LogP contribution in [0.1, 0.15) is 24.5 Å². The quantitative estimate of drug-likeness (QED) is 0.747. The summed E-state index contributed by atoms with van der Waals surface area (Å²) in [5.41, 5.74) is 0.918. The maximum absolute atomic E-state index is 10.7. The minimum atomic E-state index is -0.693. The number of carboxylic acids is 1. The van der Waals surface area contributed by atoms with Gasteiger partial charge in [-0.2, -0.15) is 0 Å². The van der Waals surface area contributed by atoms with E-state index in [0.717, 1.165) is 18.5 Å². The van der Waals surface area contributed by atoms with Gasteiger partial charge in [0, 0.05) is 17.8 Å². The first kappa shape index (κ1) is 8.23. The first-order valence-corrected chi connectivity index (χ1v) is 4.43. The lowest BCUT2D eigenvalue weighted by Crippen LogP contribution is -2.31. The summed E-state index contributed by atoms with van der Waals surface area (Å²) < 4.78 is 0. The molecule has 0 saturated heterocycles. The molecule has 1 aliphatic carbocycles. The van der Waals surface area contributed by atoms with Gasteiger partial charge in [0.05, 0.1) is 5.92 Å². The number of nitrogens with zero attached hydrogens (tertiary/aromatic N) is 1. The Morgan fingerprint density at radius 2 is 2.31 bits per heavy atom. The number of carboxylic acid groups (broad SMARTS) is 1. The number of rotatable bonds is 2. The molecule has 1 aromatic heterocycles. The summed E-state index contributed by atoms with van der Waals surface area (Å²) in [5.74, 6) is -0.768. The van der Waals surface area contributed by atoms with Crippen molar-refractivity contribution in [3.8, 4) is 0 Å². The molecule has 1 aliphatic rings. The highest BCUT2D eigenvalue weighted by atomic mass is 16.4. The Morgan fingerprint density at radius 1 is 1.46 bits per heavy atom. The highest BCUT2D eigenvalue weighted by Crippen LogP contribution is 2.41. The summed E-state index contributed by atoms with van der Waals surface area (Å²) >= 11 is 0. The minimum Gasteiger partial charge on any atom is -0.481 e. The van der Waals surface area contributed by atoms with E-state index in [4.69, 9.17) is 5.11 Å². The van der Waals surface area contributed by atoms with Crippen LogP contribution in [0.25, 0.3) is 0 Å². The second-order valence-corrected chi connectivity index (χ2v) is 3.38. The second-order valence-electron chi connectivity index (χ2n) is 3.38. The van der Waals surface area contributed by atoms with Gasteiger partial charge in [-0.3, -0.25) is 9.78 Å². The molecule has 0 aliphatic heterocycles. The zero-order valence-corrected chi connectivity index (χ0v) is 7.18. The topological polar surface area (TPSA) is 50.2 Å². The van der Waals surface area contributed by atoms with Gasteiger partial charge in [-0.1, -0.05) is 6.07 Å². The Morgan fingerprint density at radius 3 is 2.77 bits per heavy atom. The molecule has 1 fully saturated rings. The molecule has 0 bridgehead atoms. The Balaban J connectivity index is 2.15. The number of pyridine rings is 1. The maximum Gasteiger partial charge on any atom is 0.307 e. The van der Waals surface area contributed by atoms with E-state index in [-0.39, 0.29) is 11.8 Å². The number of aliphatic carboxylic acids is 1. The lowest BCUT2D eigenvalue weighted by molar-refractivity contribution is -0.145. The standard InChI is InChI=1S/C10H11NO2/c12-10(13)8-5-4-7(8)9-3-1-2-6-11-9/h1-3,6-8H,4-5H2,(H,12,13)/t7-,8-/m1/s1. The third-order valence-corrected chi connectivity index (χ3v) is 2.66. The van der Waals surface area contributed by atoms with Crippen LogP contribution < -0.4 is 0 Å². The molecule has 3 nitrogen and oxygen atoms in total. The molecule has 2 rings (SSSR count). The normalized spacial score (nSPS) is 26.5. The van der Waals surface area contributed by atoms with Gasteiger partial charge < -0.3 is 5.11 Å². The van der Waals surface area contributed by atoms with Crippen LogP contribution in [0.15, 0.2) is 24.4 Å². The van der Waals surface area contributed by atoms with Gasteiger partial charge in [-0.25, -0.2) is 0 Å². The molecule has 0 amide bonds. The van der Waals surface area contributed by atoms with E-state index in [1.54, 1.807) is 6.20 Å². The van der Waals surface area contributed by atoms with E-state index in [1.807, 2.05) is 18.2 Å². The summed E-state index contributed by atoms with van der Waals surface area (Å²) in [6, 6.07) is 5.65. The van der Waals surface area contributed by atoms with Gasteiger partial charge in [0.1, 0.15) is 0 Å². The SMILES string of the molecule is O=C(O)[C@@H]1CC[C@H]1c1ccccn1. The molecule has 0 radical (unpaired) electrons. The first-order valence-electron chi connectivity index (χ1n) is 4.43. The number of hydrogen-bond acceptors (Lipinski definition) is 2. The van der Waals surface area contributed by atoms with Crippen LogP contribution >= 0.6 is 0 Å². The largest absolute Gasteiger partial charge is 0.481 e. The predicted molar refractivity (Wildman–Crippen MR) is 47.3 cm³/mol. The van der Waals surface area contributed by atoms with Crippen LogP contribution in [-0.4, -0.2) is 16.1 Å². The smallest absolute Gasteiger partial charge is 0.307 e. The molecule has 0 spiro atoms. The molecule has 3 heteroatoms. The van der Waals surface area contributed by atoms with Crippen LogP contribution in [-0.2, 0) is 4.79 Å². The van der Waals surface area contributed by atoms with Gasteiger partial charge in [0.2, 0.25) is 0 Å². The van der Waals surface area contributed by atoms with Crippen molar-refractivity contribution in [3.05, 3.63) is 30.1 Å². The van der Waals surface area contributed by atoms with E-state index in [2.05, 4.69) is 4.98 Å². The molecular formula is C10H11NO2. The molecule has 1 heterocycles. The fourth-order valence-corrected chi connectivity index (χ4v) is 1.74. The first-order chi connectivity index (χ1) is 6.29. The van der Waals surface area contributed by atoms with E-state index in [1.165, 1.54) is 0 Å². The van der Waals surface area contributed by atoms with Crippen LogP contribution in [0.5, 0.6) is 0 Å². The van der Waals surface area contributed by atoms with Crippen molar-refractivity contribution in [2.75, 3.05) is 0 Å². The van der Waals surface area contributed by atoms with Crippen LogP contribution in [0.3, 0.4) is 0 Å². The average Bonchev–Trinajstić information content (AvgIpc) is 2.02. The van der Waals surface area contributed by atoms with Gasteiger partial charge in [0.25, 0.3) is 0 Å². The summed E-state index contributed by atoms with van der Waals surface area (Å²) in [7, 11) is 0. The monoisotopic (exact) mass is 177 g/mol. The molecule has 1 N–H and O–H groups in total. The van der Waals surface area contributed by atoms with Crippen LogP contribution in [0.2, 0.25) is 0 Å². The Kier molecular flexibility index (Phi) is 2.00. The van der Waals surface area contributed by atoms with Crippen LogP contribution in [0.4, 0.5) is 0 Å². The van der Waals surface area contributed by atoms with Crippen molar-refractivity contribution in [2.24, 2.45) is 5.92 Å². The fourth-order valence-electron chi connectivity index (χ4n) is 1.74. The third-order valence-electron chi connectivity index (χ3n) is 2.66. The van der Waals surface area contributed by atoms with Gasteiger partial charge >= 0.3 is 5.97 Å². The van der Waals surface area contributed by atoms with E-state index in [9.17, 15) is 4.79 Å². The van der Waals surface area contributed by atoms with Crippen molar-refractivity contribution < 1.29 is 9.90 Å². The Hall–Kier alpha value is -1.38. The molecule has 0 aromatic carbocycles. The average molecular weight is 177 g/mol. The van der Waals surface area contributed by atoms with E-state index >= 15 is 0 Å². The number of hydrogen-bond donors (Lipinski definition) is 1. The zero-order chi connectivity index (χ0) is 9.26. The van der Waals surface area contributed by atoms with E-state index < -0.39 is 5.97 Å². The van der Waals surface area contributed by atoms with Crippen molar-refractivity contribution in [1.82, 2.24) is 4.98 Å². The van der Waals surface area contributed by atoms with Gasteiger partial charge in [0.15, 0.2) is 0 Å². The van der Waals surface area contributed by atoms with Gasteiger partial charge in [-0.05, 0) is 25.0 Å². The van der Waals surface area contributed by atoms with Crippen molar-refractivity contribution >= 4 is 5.97 Å². The van der Waals surface area contributed by atoms with Crippen molar-refractivity contribution in [3.63, 3.8) is 0 Å². The van der Waals surface area contributed by atoms with Crippen LogP contribution in [0, 0.1) is 5.92 Å². The lowest BCUT2D eigenvalue weighted by atomic mass is 9.72. The number of carbonyl (C=O) groups is 1. The zero-order valence-electron chi connectivity index (χ0n) is 7.18. The summed E-state index contributed by atoms with van der Waals surface area (Å²) in [5, 5.41) is 8.84. The Bertz CT molecular complexity index is 310. The highest BCUT2D eigenvalue weighted by Gasteiger charge is 2.38. The molecule has 1 aromatic rings. The molecular weight excluding hydrogens is 166 g/mol. The molecule has 1 saturated carbocycles. The molecule has 2 atom stereocenters. The fraction of sp³-hybridized carbons (Fsp3) is 0.400. The molecule has 68 valence electrons. The molecule has 13 heavy (non-hydrogen) atoms. The minimum absolute atomic E-state index is 0.138. The van der Waals surface area contributed by atoms with Crippen molar-refractivity contribution in [1.29, 1.82) is 0 Å². The highest BCUT2D eigenvalue weighted by molar-refractivity contribution is 5.72. The summed E-state index contributed by atoms with van der Waals surface area (Å²) in [6.45, 7) is 0. The number of aromatic nitrogens is 1. The summed E-state index contributed by atoms with van der Waals surface area (Å²) in [4.78, 5) is 14.9. The van der Waals surface area contributed by atoms with Gasteiger partial charge in [-0.15, -0.1) is 0 Å². The lowest BCUT2D eigenvalue weighted by Gasteiger charge is -2.32.